The fourth-order valence-electron chi connectivity index (χ4n) is 6.45. The van der Waals surface area contributed by atoms with E-state index in [-0.39, 0.29) is 24.0 Å². The maximum Gasteiger partial charge on any atom is 0.416 e. The Morgan fingerprint density at radius 3 is 2.10 bits per heavy atom. The number of aryl methyl sites for hydroxylation is 2. The van der Waals surface area contributed by atoms with Crippen LogP contribution in [0, 0.1) is 12.8 Å². The molecule has 0 aliphatic heterocycles. The van der Waals surface area contributed by atoms with Gasteiger partial charge in [-0.05, 0) is 98.4 Å². The van der Waals surface area contributed by atoms with Crippen LogP contribution in [0.15, 0.2) is 30.3 Å². The third-order valence-corrected chi connectivity index (χ3v) is 8.68. The van der Waals surface area contributed by atoms with Gasteiger partial charge in [0.2, 0.25) is 0 Å². The van der Waals surface area contributed by atoms with Gasteiger partial charge in [0, 0.05) is 36.5 Å². The fraction of sp³-hybridized carbons (Fsp3) is 0.516. The number of hydrogen-bond acceptors (Lipinski definition) is 3. The van der Waals surface area contributed by atoms with Gasteiger partial charge in [-0.3, -0.25) is 4.68 Å². The summed E-state index contributed by atoms with van der Waals surface area (Å²) in [6, 6.07) is 6.20. The molecule has 1 heterocycles. The number of nitrogen functional groups attached to an aromatic ring is 1. The van der Waals surface area contributed by atoms with Crippen LogP contribution in [0.3, 0.4) is 0 Å². The summed E-state index contributed by atoms with van der Waals surface area (Å²) in [6.45, 7) is 5.52. The van der Waals surface area contributed by atoms with Crippen molar-refractivity contribution in [1.29, 1.82) is 0 Å². The van der Waals surface area contributed by atoms with Crippen LogP contribution in [0.1, 0.15) is 83.7 Å². The number of halogens is 6. The van der Waals surface area contributed by atoms with Gasteiger partial charge in [-0.2, -0.15) is 31.4 Å². The Kier molecular flexibility index (Phi) is 8.05. The molecule has 1 aromatic heterocycles. The van der Waals surface area contributed by atoms with Crippen molar-refractivity contribution in [2.45, 2.75) is 84.1 Å². The van der Waals surface area contributed by atoms with Crippen molar-refractivity contribution in [3.8, 4) is 0 Å². The maximum absolute atomic E-state index is 13.4. The summed E-state index contributed by atoms with van der Waals surface area (Å²) < 4.78 is 81.8. The van der Waals surface area contributed by atoms with E-state index in [2.05, 4.69) is 29.1 Å². The molecule has 10 heteroatoms. The molecule has 0 saturated heterocycles. The van der Waals surface area contributed by atoms with Gasteiger partial charge < -0.3 is 10.6 Å². The van der Waals surface area contributed by atoms with Crippen molar-refractivity contribution in [2.75, 3.05) is 23.7 Å². The Labute approximate surface area is 236 Å². The molecule has 0 bridgehead atoms. The van der Waals surface area contributed by atoms with E-state index in [4.69, 9.17) is 5.73 Å². The number of anilines is 2. The van der Waals surface area contributed by atoms with Crippen molar-refractivity contribution in [3.63, 3.8) is 0 Å². The molecule has 0 spiro atoms. The molecule has 2 aromatic carbocycles. The van der Waals surface area contributed by atoms with Crippen LogP contribution in [0.4, 0.5) is 37.8 Å². The number of nitrogens with two attached hydrogens (primary N) is 1. The van der Waals surface area contributed by atoms with Crippen LogP contribution in [0.25, 0.3) is 0 Å². The summed E-state index contributed by atoms with van der Waals surface area (Å²) in [5, 5.41) is 4.35. The van der Waals surface area contributed by atoms with Gasteiger partial charge in [0.15, 0.2) is 0 Å². The van der Waals surface area contributed by atoms with Crippen LogP contribution in [0.5, 0.6) is 0 Å². The zero-order chi connectivity index (χ0) is 29.5. The third-order valence-electron chi connectivity index (χ3n) is 8.68. The molecule has 4 nitrogen and oxygen atoms in total. The minimum Gasteiger partial charge on any atom is -0.382 e. The summed E-state index contributed by atoms with van der Waals surface area (Å²) in [6.07, 6.45) is -1.14. The maximum atomic E-state index is 13.4. The predicted molar refractivity (Wildman–Crippen MR) is 148 cm³/mol. The molecule has 222 valence electrons. The minimum atomic E-state index is -4.91. The van der Waals surface area contributed by atoms with E-state index in [0.29, 0.717) is 18.0 Å². The highest BCUT2D eigenvalue weighted by atomic mass is 19.4. The lowest BCUT2D eigenvalue weighted by Gasteiger charge is -2.29. The summed E-state index contributed by atoms with van der Waals surface area (Å²) >= 11 is 0. The zero-order valence-corrected chi connectivity index (χ0v) is 23.4. The highest BCUT2D eigenvalue weighted by Crippen LogP contribution is 2.38. The first-order valence-corrected chi connectivity index (χ1v) is 14.3. The van der Waals surface area contributed by atoms with Crippen LogP contribution in [-0.2, 0) is 38.2 Å². The highest BCUT2D eigenvalue weighted by Gasteiger charge is 2.37. The first-order chi connectivity index (χ1) is 19.3. The molecule has 0 unspecified atom stereocenters. The van der Waals surface area contributed by atoms with Gasteiger partial charge in [-0.1, -0.05) is 18.9 Å². The second kappa shape index (κ2) is 11.2. The van der Waals surface area contributed by atoms with E-state index >= 15 is 0 Å². The fourth-order valence-corrected chi connectivity index (χ4v) is 6.45. The monoisotopic (exact) mass is 578 g/mol. The normalized spacial score (nSPS) is 16.0. The standard InChI is InChI=1S/C31H36F6N4/c1-3-40(17-20-7-4-5-8-20)28-15-23-10-6-9-22(23)13-24(28)14-27-19(2)41(39-29(27)38)18-21-11-25(30(32,33)34)16-26(12-21)31(35,36)37/h11-13,15-16,20H,3-10,14,17-18H2,1-2H3,(H2,38,39). The Morgan fingerprint density at radius 1 is 0.902 bits per heavy atom. The number of alkyl halides is 6. The molecule has 0 radical (unpaired) electrons. The molecular weight excluding hydrogens is 542 g/mol. The molecule has 0 amide bonds. The lowest BCUT2D eigenvalue weighted by molar-refractivity contribution is -0.143. The lowest BCUT2D eigenvalue weighted by Crippen LogP contribution is -2.29. The van der Waals surface area contributed by atoms with Crippen molar-refractivity contribution in [3.05, 3.63) is 75.0 Å². The second-order valence-electron chi connectivity index (χ2n) is 11.5. The minimum absolute atomic E-state index is 0.139. The molecule has 2 aliphatic rings. The Hall–Kier alpha value is -3.17. The van der Waals surface area contributed by atoms with Gasteiger partial charge in [0.05, 0.1) is 17.7 Å². The number of nitrogens with zero attached hydrogens (tertiary/aromatic N) is 3. The summed E-state index contributed by atoms with van der Waals surface area (Å²) in [7, 11) is 0. The third kappa shape index (κ3) is 6.36. The Bertz CT molecular complexity index is 1370. The molecule has 1 fully saturated rings. The van der Waals surface area contributed by atoms with E-state index in [1.807, 2.05) is 0 Å². The van der Waals surface area contributed by atoms with E-state index in [0.717, 1.165) is 55.6 Å². The van der Waals surface area contributed by atoms with Crippen molar-refractivity contribution in [2.24, 2.45) is 5.92 Å². The van der Waals surface area contributed by atoms with Crippen molar-refractivity contribution in [1.82, 2.24) is 9.78 Å². The smallest absolute Gasteiger partial charge is 0.382 e. The Morgan fingerprint density at radius 2 is 1.51 bits per heavy atom. The molecule has 2 N–H and O–H groups in total. The first-order valence-electron chi connectivity index (χ1n) is 14.3. The van der Waals surface area contributed by atoms with Gasteiger partial charge in [-0.25, -0.2) is 0 Å². The van der Waals surface area contributed by atoms with Gasteiger partial charge in [0.1, 0.15) is 5.82 Å². The predicted octanol–water partition coefficient (Wildman–Crippen LogP) is 7.96. The summed E-state index contributed by atoms with van der Waals surface area (Å²) in [5.74, 6) is 0.899. The van der Waals surface area contributed by atoms with Crippen molar-refractivity contribution < 1.29 is 26.3 Å². The topological polar surface area (TPSA) is 47.1 Å². The summed E-state index contributed by atoms with van der Waals surface area (Å²) in [4.78, 5) is 2.45. The van der Waals surface area contributed by atoms with E-state index in [9.17, 15) is 26.3 Å². The molecular formula is C31H36F6N4. The van der Waals surface area contributed by atoms with Gasteiger partial charge >= 0.3 is 12.4 Å². The SMILES string of the molecule is CCN(CC1CCCC1)c1cc2c(cc1Cc1c(N)nn(Cc3cc(C(F)(F)F)cc(C(F)(F)F)c3)c1C)CCC2. The number of aromatic nitrogens is 2. The largest absolute Gasteiger partial charge is 0.416 e. The molecule has 5 rings (SSSR count). The van der Waals surface area contributed by atoms with E-state index in [1.165, 1.54) is 47.2 Å². The van der Waals surface area contributed by atoms with Crippen molar-refractivity contribution >= 4 is 11.5 Å². The highest BCUT2D eigenvalue weighted by molar-refractivity contribution is 5.61. The number of rotatable bonds is 8. The molecule has 0 atom stereocenters. The average molecular weight is 579 g/mol. The van der Waals surface area contributed by atoms with E-state index < -0.39 is 23.5 Å². The number of hydrogen-bond donors (Lipinski definition) is 1. The van der Waals surface area contributed by atoms with Crippen LogP contribution < -0.4 is 10.6 Å². The Balaban J connectivity index is 1.48. The van der Waals surface area contributed by atoms with Crippen LogP contribution in [-0.4, -0.2) is 22.9 Å². The molecule has 2 aliphatic carbocycles. The number of benzene rings is 2. The van der Waals surface area contributed by atoms with Crippen LogP contribution >= 0.6 is 0 Å². The zero-order valence-electron chi connectivity index (χ0n) is 23.4. The molecule has 41 heavy (non-hydrogen) atoms. The lowest BCUT2D eigenvalue weighted by atomic mass is 9.96. The first kappa shape index (κ1) is 29.3. The molecule has 1 saturated carbocycles. The van der Waals surface area contributed by atoms with Gasteiger partial charge in [-0.15, -0.1) is 0 Å². The average Bonchev–Trinajstić information content (AvgIpc) is 3.64. The number of fused-ring (bicyclic) bond motifs is 1. The quantitative estimate of drug-likeness (QED) is 0.276. The van der Waals surface area contributed by atoms with Crippen LogP contribution in [0.2, 0.25) is 0 Å². The van der Waals surface area contributed by atoms with Gasteiger partial charge in [0.25, 0.3) is 0 Å². The second-order valence-corrected chi connectivity index (χ2v) is 11.5. The summed E-state index contributed by atoms with van der Waals surface area (Å²) in [5.41, 5.74) is 9.88. The molecule has 3 aromatic rings. The van der Waals surface area contributed by atoms with E-state index in [1.54, 1.807) is 6.92 Å².